The molecule has 33 heavy (non-hydrogen) atoms. The van der Waals surface area contributed by atoms with Gasteiger partial charge in [-0.15, -0.1) is 0 Å². The van der Waals surface area contributed by atoms with Gasteiger partial charge in [-0.25, -0.2) is 4.79 Å². The quantitative estimate of drug-likeness (QED) is 0.535. The lowest BCUT2D eigenvalue weighted by Crippen LogP contribution is -2.12. The van der Waals surface area contributed by atoms with Crippen LogP contribution in [0.15, 0.2) is 34.8 Å². The molecule has 1 aromatic heterocycles. The Morgan fingerprint density at radius 1 is 0.970 bits per heavy atom. The Balaban J connectivity index is 2.02. The van der Waals surface area contributed by atoms with Gasteiger partial charge in [0, 0.05) is 6.08 Å². The molecule has 0 saturated carbocycles. The van der Waals surface area contributed by atoms with Gasteiger partial charge >= 0.3 is 5.97 Å². The average molecular weight is 453 g/mol. The molecule has 2 heterocycles. The molecule has 0 unspecified atom stereocenters. The molecule has 0 aliphatic carbocycles. The Kier molecular flexibility index (Phi) is 5.87. The molecule has 0 radical (unpaired) electrons. The fourth-order valence-electron chi connectivity index (χ4n) is 3.87. The molecule has 0 saturated heterocycles. The van der Waals surface area contributed by atoms with E-state index in [9.17, 15) is 9.59 Å². The molecule has 0 atom stereocenters. The van der Waals surface area contributed by atoms with Crippen molar-refractivity contribution in [3.05, 3.63) is 47.2 Å². The van der Waals surface area contributed by atoms with Gasteiger partial charge in [-0.3, -0.25) is 4.79 Å². The normalized spacial score (nSPS) is 12.5. The molecule has 9 heteroatoms. The van der Waals surface area contributed by atoms with Crippen LogP contribution < -0.4 is 24.3 Å². The number of ether oxygens (including phenoxy) is 5. The van der Waals surface area contributed by atoms with E-state index in [-0.39, 0.29) is 18.1 Å². The van der Waals surface area contributed by atoms with Crippen LogP contribution in [0.25, 0.3) is 16.5 Å². The minimum absolute atomic E-state index is 0.106. The number of carbonyl (C=O) groups excluding carboxylic acids is 2. The molecule has 9 nitrogen and oxygen atoms in total. The molecule has 172 valence electrons. The summed E-state index contributed by atoms with van der Waals surface area (Å²) in [4.78, 5) is 25.5. The topological polar surface area (TPSA) is 105 Å². The zero-order valence-corrected chi connectivity index (χ0v) is 18.9. The van der Waals surface area contributed by atoms with Crippen molar-refractivity contribution in [2.24, 2.45) is 0 Å². The predicted molar refractivity (Wildman–Crippen MR) is 121 cm³/mol. The minimum Gasteiger partial charge on any atom is -0.493 e. The highest BCUT2D eigenvalue weighted by atomic mass is 16.5. The number of furan rings is 1. The van der Waals surface area contributed by atoms with Crippen LogP contribution in [0.4, 0.5) is 5.69 Å². The zero-order chi connectivity index (χ0) is 23.7. The van der Waals surface area contributed by atoms with Crippen molar-refractivity contribution >= 4 is 34.1 Å². The molecule has 2 aromatic carbocycles. The van der Waals surface area contributed by atoms with Crippen molar-refractivity contribution in [3.63, 3.8) is 0 Å². The summed E-state index contributed by atoms with van der Waals surface area (Å²) in [6, 6.07) is 6.99. The standard InChI is InChI=1S/C24H23NO8/c1-6-32-24(27)23-20-19-13(7-8-15(28-2)22(19)33-23)14(11-18(26)25-20)12-9-16(29-3)21(31-5)17(10-12)30-4/h7-11H,6H2,1-5H3,(H,25,26). The lowest BCUT2D eigenvalue weighted by Gasteiger charge is -2.16. The van der Waals surface area contributed by atoms with E-state index in [2.05, 4.69) is 5.32 Å². The highest BCUT2D eigenvalue weighted by molar-refractivity contribution is 6.21. The van der Waals surface area contributed by atoms with E-state index in [0.29, 0.717) is 50.7 Å². The zero-order valence-electron chi connectivity index (χ0n) is 18.9. The second kappa shape index (κ2) is 8.78. The first-order valence-corrected chi connectivity index (χ1v) is 10.1. The number of rotatable bonds is 7. The molecule has 1 N–H and O–H groups in total. The molecule has 0 spiro atoms. The second-order valence-electron chi connectivity index (χ2n) is 7.01. The third kappa shape index (κ3) is 3.61. The van der Waals surface area contributed by atoms with Gasteiger partial charge in [-0.2, -0.15) is 0 Å². The Morgan fingerprint density at radius 3 is 2.21 bits per heavy atom. The van der Waals surface area contributed by atoms with Crippen LogP contribution in [-0.2, 0) is 9.53 Å². The van der Waals surface area contributed by atoms with Crippen LogP contribution in [0.1, 0.15) is 28.6 Å². The fourth-order valence-corrected chi connectivity index (χ4v) is 3.87. The summed E-state index contributed by atoms with van der Waals surface area (Å²) in [5.74, 6) is 0.464. The van der Waals surface area contributed by atoms with Gasteiger partial charge in [0.05, 0.1) is 40.4 Å². The summed E-state index contributed by atoms with van der Waals surface area (Å²) in [5.41, 5.74) is 2.38. The van der Waals surface area contributed by atoms with Crippen molar-refractivity contribution < 1.29 is 37.7 Å². The van der Waals surface area contributed by atoms with Crippen molar-refractivity contribution in [2.45, 2.75) is 6.92 Å². The maximum atomic E-state index is 12.9. The van der Waals surface area contributed by atoms with Crippen molar-refractivity contribution in [3.8, 4) is 23.0 Å². The maximum Gasteiger partial charge on any atom is 0.376 e. The number of esters is 1. The Hall–Kier alpha value is -4.14. The van der Waals surface area contributed by atoms with Gasteiger partial charge in [0.1, 0.15) is 5.69 Å². The summed E-state index contributed by atoms with van der Waals surface area (Å²) < 4.78 is 32.8. The molecule has 1 aliphatic rings. The van der Waals surface area contributed by atoms with Crippen molar-refractivity contribution in [1.29, 1.82) is 0 Å². The number of hydrogen-bond acceptors (Lipinski definition) is 8. The molecule has 0 fully saturated rings. The first-order chi connectivity index (χ1) is 16.0. The van der Waals surface area contributed by atoms with E-state index in [4.69, 9.17) is 28.1 Å². The number of nitrogens with one attached hydrogen (secondary N) is 1. The van der Waals surface area contributed by atoms with Gasteiger partial charge in [0.25, 0.3) is 0 Å². The number of benzene rings is 2. The van der Waals surface area contributed by atoms with Crippen LogP contribution in [-0.4, -0.2) is 46.9 Å². The summed E-state index contributed by atoms with van der Waals surface area (Å²) in [6.45, 7) is 1.84. The van der Waals surface area contributed by atoms with E-state index in [1.54, 1.807) is 31.2 Å². The third-order valence-electron chi connectivity index (χ3n) is 5.27. The fraction of sp³-hybridized carbons (Fsp3) is 0.250. The summed E-state index contributed by atoms with van der Waals surface area (Å²) in [5, 5.41) is 3.27. The molecule has 1 aliphatic heterocycles. The van der Waals surface area contributed by atoms with Crippen LogP contribution in [0.2, 0.25) is 0 Å². The maximum absolute atomic E-state index is 12.9. The highest BCUT2D eigenvalue weighted by Gasteiger charge is 2.30. The summed E-state index contributed by atoms with van der Waals surface area (Å²) in [6.07, 6.45) is 1.44. The van der Waals surface area contributed by atoms with Crippen LogP contribution in [0, 0.1) is 0 Å². The predicted octanol–water partition coefficient (Wildman–Crippen LogP) is 4.03. The van der Waals surface area contributed by atoms with Crippen LogP contribution in [0.3, 0.4) is 0 Å². The molecule has 1 amide bonds. The van der Waals surface area contributed by atoms with Crippen molar-refractivity contribution in [1.82, 2.24) is 0 Å². The van der Waals surface area contributed by atoms with Gasteiger partial charge in [-0.05, 0) is 47.9 Å². The van der Waals surface area contributed by atoms with Crippen LogP contribution >= 0.6 is 0 Å². The molecule has 3 aromatic rings. The van der Waals surface area contributed by atoms with Gasteiger partial charge in [0.2, 0.25) is 17.4 Å². The second-order valence-corrected chi connectivity index (χ2v) is 7.01. The summed E-state index contributed by atoms with van der Waals surface area (Å²) in [7, 11) is 6.04. The lowest BCUT2D eigenvalue weighted by molar-refractivity contribution is -0.111. The third-order valence-corrected chi connectivity index (χ3v) is 5.27. The number of carbonyl (C=O) groups is 2. The first-order valence-electron chi connectivity index (χ1n) is 10.1. The minimum atomic E-state index is -0.687. The summed E-state index contributed by atoms with van der Waals surface area (Å²) >= 11 is 0. The smallest absolute Gasteiger partial charge is 0.376 e. The molecule has 0 bridgehead atoms. The first kappa shape index (κ1) is 22.1. The molecular formula is C24H23NO8. The number of hydrogen-bond donors (Lipinski definition) is 1. The van der Waals surface area contributed by atoms with E-state index < -0.39 is 11.9 Å². The van der Waals surface area contributed by atoms with E-state index in [0.717, 1.165) is 0 Å². The van der Waals surface area contributed by atoms with E-state index >= 15 is 0 Å². The Bertz CT molecular complexity index is 1260. The van der Waals surface area contributed by atoms with Crippen LogP contribution in [0.5, 0.6) is 23.0 Å². The van der Waals surface area contributed by atoms with Gasteiger partial charge in [-0.1, -0.05) is 0 Å². The van der Waals surface area contributed by atoms with E-state index in [1.165, 1.54) is 34.5 Å². The number of anilines is 1. The molecule has 4 rings (SSSR count). The largest absolute Gasteiger partial charge is 0.493 e. The monoisotopic (exact) mass is 453 g/mol. The Labute approximate surface area is 189 Å². The Morgan fingerprint density at radius 2 is 1.64 bits per heavy atom. The van der Waals surface area contributed by atoms with E-state index in [1.807, 2.05) is 0 Å². The average Bonchev–Trinajstić information content (AvgIpc) is 3.12. The number of amides is 1. The highest BCUT2D eigenvalue weighted by Crippen LogP contribution is 2.46. The van der Waals surface area contributed by atoms with Gasteiger partial charge in [0.15, 0.2) is 22.8 Å². The lowest BCUT2D eigenvalue weighted by atomic mass is 9.94. The molecular weight excluding hydrogens is 430 g/mol. The SMILES string of the molecule is CCOC(=O)c1oc2c(OC)ccc3c2c1NC(=O)C=C3c1cc(OC)c(OC)c(OC)c1. The van der Waals surface area contributed by atoms with Crippen molar-refractivity contribution in [2.75, 3.05) is 40.4 Å². The van der Waals surface area contributed by atoms with Gasteiger partial charge < -0.3 is 33.4 Å². The number of methoxy groups -OCH3 is 4.